The molecule has 1 aliphatic carbocycles. The summed E-state index contributed by atoms with van der Waals surface area (Å²) in [5, 5.41) is 5.41. The van der Waals surface area contributed by atoms with Crippen molar-refractivity contribution in [2.24, 2.45) is 5.73 Å². The van der Waals surface area contributed by atoms with Crippen LogP contribution in [0.25, 0.3) is 0 Å². The summed E-state index contributed by atoms with van der Waals surface area (Å²) in [4.78, 5) is 22.6. The SMILES string of the molecule is C[C@@H](N)C(=O)NCC(=O)NC1CCCCC1.Cl. The highest BCUT2D eigenvalue weighted by atomic mass is 35.5. The Balaban J connectivity index is 0.00000256. The van der Waals surface area contributed by atoms with Gasteiger partial charge in [-0.1, -0.05) is 19.3 Å². The summed E-state index contributed by atoms with van der Waals surface area (Å²) in [5.41, 5.74) is 5.36. The van der Waals surface area contributed by atoms with Crippen molar-refractivity contribution in [1.82, 2.24) is 10.6 Å². The van der Waals surface area contributed by atoms with E-state index in [-0.39, 0.29) is 36.8 Å². The molecule has 1 saturated carbocycles. The molecule has 5 nitrogen and oxygen atoms in total. The molecule has 6 heteroatoms. The predicted octanol–water partition coefficient (Wildman–Crippen LogP) is 0.320. The molecular weight excluding hydrogens is 242 g/mol. The van der Waals surface area contributed by atoms with Crippen LogP contribution in [0, 0.1) is 0 Å². The minimum absolute atomic E-state index is 0. The average Bonchev–Trinajstić information content (AvgIpc) is 2.27. The molecule has 0 radical (unpaired) electrons. The molecule has 0 spiro atoms. The smallest absolute Gasteiger partial charge is 0.239 e. The van der Waals surface area contributed by atoms with E-state index in [0.29, 0.717) is 0 Å². The third kappa shape index (κ3) is 6.48. The van der Waals surface area contributed by atoms with Crippen molar-refractivity contribution in [3.63, 3.8) is 0 Å². The average molecular weight is 264 g/mol. The Kier molecular flexibility index (Phi) is 7.91. The number of rotatable bonds is 4. The zero-order valence-electron chi connectivity index (χ0n) is 10.2. The first-order valence-corrected chi connectivity index (χ1v) is 5.92. The van der Waals surface area contributed by atoms with Gasteiger partial charge in [0, 0.05) is 6.04 Å². The van der Waals surface area contributed by atoms with Crippen LogP contribution in [-0.4, -0.2) is 30.4 Å². The fourth-order valence-electron chi connectivity index (χ4n) is 1.85. The summed E-state index contributed by atoms with van der Waals surface area (Å²) in [6.07, 6.45) is 5.71. The van der Waals surface area contributed by atoms with E-state index >= 15 is 0 Å². The number of nitrogens with one attached hydrogen (secondary N) is 2. The van der Waals surface area contributed by atoms with Gasteiger partial charge in [0.25, 0.3) is 0 Å². The number of hydrogen-bond donors (Lipinski definition) is 3. The first-order chi connectivity index (χ1) is 7.59. The van der Waals surface area contributed by atoms with Crippen molar-refractivity contribution in [3.8, 4) is 0 Å². The second kappa shape index (κ2) is 8.31. The summed E-state index contributed by atoms with van der Waals surface area (Å²) in [5.74, 6) is -0.417. The van der Waals surface area contributed by atoms with E-state index < -0.39 is 6.04 Å². The quantitative estimate of drug-likeness (QED) is 0.683. The second-order valence-electron chi connectivity index (χ2n) is 4.41. The van der Waals surface area contributed by atoms with Crippen LogP contribution in [0.15, 0.2) is 0 Å². The molecule has 1 rings (SSSR count). The van der Waals surface area contributed by atoms with Crippen LogP contribution in [0.3, 0.4) is 0 Å². The molecule has 2 amide bonds. The molecule has 0 unspecified atom stereocenters. The molecule has 0 aromatic rings. The third-order valence-electron chi connectivity index (χ3n) is 2.81. The summed E-state index contributed by atoms with van der Waals surface area (Å²) < 4.78 is 0. The number of carbonyl (C=O) groups is 2. The first kappa shape index (κ1) is 16.2. The van der Waals surface area contributed by atoms with Crippen LogP contribution in [0.2, 0.25) is 0 Å². The summed E-state index contributed by atoms with van der Waals surface area (Å²) in [6.45, 7) is 1.62. The molecule has 0 aliphatic heterocycles. The molecule has 4 N–H and O–H groups in total. The Morgan fingerprint density at radius 1 is 1.29 bits per heavy atom. The minimum Gasteiger partial charge on any atom is -0.352 e. The number of carbonyl (C=O) groups excluding carboxylic acids is 2. The van der Waals surface area contributed by atoms with E-state index in [2.05, 4.69) is 10.6 Å². The van der Waals surface area contributed by atoms with Gasteiger partial charge in [-0.15, -0.1) is 12.4 Å². The Hall–Kier alpha value is -0.810. The van der Waals surface area contributed by atoms with Crippen molar-refractivity contribution in [1.29, 1.82) is 0 Å². The highest BCUT2D eigenvalue weighted by molar-refractivity contribution is 5.87. The highest BCUT2D eigenvalue weighted by Gasteiger charge is 2.16. The van der Waals surface area contributed by atoms with E-state index in [1.165, 1.54) is 19.3 Å². The molecule has 0 aromatic heterocycles. The molecule has 1 fully saturated rings. The van der Waals surface area contributed by atoms with Gasteiger partial charge in [0.2, 0.25) is 11.8 Å². The highest BCUT2D eigenvalue weighted by Crippen LogP contribution is 2.16. The molecule has 0 saturated heterocycles. The molecule has 1 atom stereocenters. The van der Waals surface area contributed by atoms with E-state index in [1.54, 1.807) is 6.92 Å². The predicted molar refractivity (Wildman–Crippen MR) is 68.9 cm³/mol. The monoisotopic (exact) mass is 263 g/mol. The van der Waals surface area contributed by atoms with Crippen LogP contribution in [0.1, 0.15) is 39.0 Å². The number of nitrogens with two attached hydrogens (primary N) is 1. The largest absolute Gasteiger partial charge is 0.352 e. The Bertz CT molecular complexity index is 253. The molecule has 0 bridgehead atoms. The van der Waals surface area contributed by atoms with Crippen LogP contribution < -0.4 is 16.4 Å². The Morgan fingerprint density at radius 3 is 2.41 bits per heavy atom. The van der Waals surface area contributed by atoms with Gasteiger partial charge in [-0.3, -0.25) is 9.59 Å². The van der Waals surface area contributed by atoms with E-state index in [1.807, 2.05) is 0 Å². The number of hydrogen-bond acceptors (Lipinski definition) is 3. The number of amides is 2. The van der Waals surface area contributed by atoms with Crippen molar-refractivity contribution in [2.45, 2.75) is 51.1 Å². The van der Waals surface area contributed by atoms with Crippen LogP contribution >= 0.6 is 12.4 Å². The van der Waals surface area contributed by atoms with E-state index in [4.69, 9.17) is 5.73 Å². The normalized spacial score (nSPS) is 17.8. The topological polar surface area (TPSA) is 84.2 Å². The minimum atomic E-state index is -0.567. The maximum Gasteiger partial charge on any atom is 0.239 e. The van der Waals surface area contributed by atoms with Gasteiger partial charge in [-0.05, 0) is 19.8 Å². The lowest BCUT2D eigenvalue weighted by Gasteiger charge is -2.22. The zero-order chi connectivity index (χ0) is 12.0. The van der Waals surface area contributed by atoms with Gasteiger partial charge >= 0.3 is 0 Å². The van der Waals surface area contributed by atoms with Crippen LogP contribution in [-0.2, 0) is 9.59 Å². The van der Waals surface area contributed by atoms with Gasteiger partial charge in [0.1, 0.15) is 0 Å². The van der Waals surface area contributed by atoms with Crippen LogP contribution in [0.5, 0.6) is 0 Å². The van der Waals surface area contributed by atoms with Crippen molar-refractivity contribution in [2.75, 3.05) is 6.54 Å². The summed E-state index contributed by atoms with van der Waals surface area (Å²) in [6, 6.07) is -0.282. The molecule has 0 heterocycles. The maximum absolute atomic E-state index is 11.5. The van der Waals surface area contributed by atoms with Crippen molar-refractivity contribution >= 4 is 24.2 Å². The van der Waals surface area contributed by atoms with Gasteiger partial charge in [0.15, 0.2) is 0 Å². The van der Waals surface area contributed by atoms with Crippen molar-refractivity contribution < 1.29 is 9.59 Å². The molecular formula is C11H22ClN3O2. The maximum atomic E-state index is 11.5. The summed E-state index contributed by atoms with van der Waals surface area (Å²) >= 11 is 0. The standard InChI is InChI=1S/C11H21N3O2.ClH/c1-8(12)11(16)13-7-10(15)14-9-5-3-2-4-6-9;/h8-9H,2-7,12H2,1H3,(H,13,16)(H,14,15);1H/t8-;/m1./s1. The molecule has 1 aliphatic rings. The Morgan fingerprint density at radius 2 is 1.88 bits per heavy atom. The first-order valence-electron chi connectivity index (χ1n) is 5.92. The van der Waals surface area contributed by atoms with Gasteiger partial charge in [0.05, 0.1) is 12.6 Å². The Labute approximate surface area is 108 Å². The molecule has 100 valence electrons. The van der Waals surface area contributed by atoms with Crippen LogP contribution in [0.4, 0.5) is 0 Å². The second-order valence-corrected chi connectivity index (χ2v) is 4.41. The van der Waals surface area contributed by atoms with Gasteiger partial charge in [-0.2, -0.15) is 0 Å². The summed E-state index contributed by atoms with van der Waals surface area (Å²) in [7, 11) is 0. The third-order valence-corrected chi connectivity index (χ3v) is 2.81. The van der Waals surface area contributed by atoms with Gasteiger partial charge < -0.3 is 16.4 Å². The molecule has 17 heavy (non-hydrogen) atoms. The lowest BCUT2D eigenvalue weighted by atomic mass is 9.95. The number of halogens is 1. The van der Waals surface area contributed by atoms with E-state index in [9.17, 15) is 9.59 Å². The lowest BCUT2D eigenvalue weighted by Crippen LogP contribution is -2.46. The van der Waals surface area contributed by atoms with E-state index in [0.717, 1.165) is 12.8 Å². The molecule has 0 aromatic carbocycles. The lowest BCUT2D eigenvalue weighted by molar-refractivity contribution is -0.127. The van der Waals surface area contributed by atoms with Gasteiger partial charge in [-0.25, -0.2) is 0 Å². The van der Waals surface area contributed by atoms with Crippen molar-refractivity contribution in [3.05, 3.63) is 0 Å². The fraction of sp³-hybridized carbons (Fsp3) is 0.818. The zero-order valence-corrected chi connectivity index (χ0v) is 11.0. The fourth-order valence-corrected chi connectivity index (χ4v) is 1.85.